The van der Waals surface area contributed by atoms with Gasteiger partial charge in [-0.25, -0.2) is 0 Å². The molecule has 0 bridgehead atoms. The minimum Gasteiger partial charge on any atom is -0.390 e. The number of benzene rings is 1. The van der Waals surface area contributed by atoms with Crippen molar-refractivity contribution in [2.75, 3.05) is 39.6 Å². The SMILES string of the molecule is CN/C(C)=C(\C(C)=N)N(C)c1ccc(CCCCCCN(C)C)cc1. The van der Waals surface area contributed by atoms with Crippen molar-refractivity contribution in [3.8, 4) is 0 Å². The van der Waals surface area contributed by atoms with E-state index in [0.717, 1.165) is 23.5 Å². The lowest BCUT2D eigenvalue weighted by molar-refractivity contribution is 0.390. The summed E-state index contributed by atoms with van der Waals surface area (Å²) in [5, 5.41) is 11.2. The van der Waals surface area contributed by atoms with Crippen LogP contribution in [-0.2, 0) is 6.42 Å². The second kappa shape index (κ2) is 10.9. The largest absolute Gasteiger partial charge is 0.390 e. The summed E-state index contributed by atoms with van der Waals surface area (Å²) in [5.41, 5.74) is 5.02. The van der Waals surface area contributed by atoms with Crippen LogP contribution in [0.25, 0.3) is 0 Å². The molecule has 0 heterocycles. The molecule has 0 saturated carbocycles. The number of rotatable bonds is 11. The molecular formula is C21H36N4. The van der Waals surface area contributed by atoms with E-state index in [-0.39, 0.29) is 0 Å². The summed E-state index contributed by atoms with van der Waals surface area (Å²) < 4.78 is 0. The van der Waals surface area contributed by atoms with Crippen LogP contribution in [0.5, 0.6) is 0 Å². The predicted octanol–water partition coefficient (Wildman–Crippen LogP) is 4.28. The van der Waals surface area contributed by atoms with Gasteiger partial charge in [0.05, 0.1) is 11.4 Å². The molecule has 1 rings (SSSR count). The zero-order valence-electron chi connectivity index (χ0n) is 16.9. The molecule has 0 aliphatic carbocycles. The Morgan fingerprint density at radius 3 is 2.08 bits per heavy atom. The molecule has 0 spiro atoms. The number of anilines is 1. The summed E-state index contributed by atoms with van der Waals surface area (Å²) in [6.07, 6.45) is 6.31. The second-order valence-electron chi connectivity index (χ2n) is 7.04. The van der Waals surface area contributed by atoms with Gasteiger partial charge in [-0.3, -0.25) is 0 Å². The predicted molar refractivity (Wildman–Crippen MR) is 111 cm³/mol. The highest BCUT2D eigenvalue weighted by Crippen LogP contribution is 2.21. The van der Waals surface area contributed by atoms with Gasteiger partial charge in [-0.2, -0.15) is 0 Å². The number of aryl methyl sites for hydroxylation is 1. The van der Waals surface area contributed by atoms with Crippen molar-refractivity contribution in [2.24, 2.45) is 0 Å². The fraction of sp³-hybridized carbons (Fsp3) is 0.571. The summed E-state index contributed by atoms with van der Waals surface area (Å²) in [6, 6.07) is 8.76. The first-order valence-electron chi connectivity index (χ1n) is 9.28. The van der Waals surface area contributed by atoms with Gasteiger partial charge < -0.3 is 20.5 Å². The fourth-order valence-corrected chi connectivity index (χ4v) is 3.03. The lowest BCUT2D eigenvalue weighted by Crippen LogP contribution is -2.26. The molecule has 0 fully saturated rings. The Morgan fingerprint density at radius 2 is 1.56 bits per heavy atom. The Bertz CT molecular complexity index is 558. The second-order valence-corrected chi connectivity index (χ2v) is 7.04. The topological polar surface area (TPSA) is 42.4 Å². The van der Waals surface area contributed by atoms with Crippen LogP contribution < -0.4 is 10.2 Å². The maximum Gasteiger partial charge on any atom is 0.0806 e. The first-order chi connectivity index (χ1) is 11.9. The van der Waals surface area contributed by atoms with Gasteiger partial charge in [0.1, 0.15) is 0 Å². The minimum atomic E-state index is 0.566. The quantitative estimate of drug-likeness (QED) is 0.465. The number of unbranched alkanes of at least 4 members (excludes halogenated alkanes) is 3. The smallest absolute Gasteiger partial charge is 0.0806 e. The highest BCUT2D eigenvalue weighted by Gasteiger charge is 2.12. The van der Waals surface area contributed by atoms with Gasteiger partial charge in [0.2, 0.25) is 0 Å². The Morgan fingerprint density at radius 1 is 0.960 bits per heavy atom. The average molecular weight is 345 g/mol. The van der Waals surface area contributed by atoms with Crippen molar-refractivity contribution in [1.29, 1.82) is 5.41 Å². The third-order valence-corrected chi connectivity index (χ3v) is 4.57. The molecule has 0 aromatic heterocycles. The molecule has 0 radical (unpaired) electrons. The number of nitrogens with one attached hydrogen (secondary N) is 2. The maximum atomic E-state index is 8.04. The highest BCUT2D eigenvalue weighted by atomic mass is 15.1. The Balaban J connectivity index is 2.57. The third kappa shape index (κ3) is 7.30. The zero-order chi connectivity index (χ0) is 18.8. The van der Waals surface area contributed by atoms with E-state index in [1.807, 2.05) is 27.9 Å². The van der Waals surface area contributed by atoms with E-state index >= 15 is 0 Å². The Hall–Kier alpha value is -1.81. The normalized spacial score (nSPS) is 12.1. The summed E-state index contributed by atoms with van der Waals surface area (Å²) in [6.45, 7) is 5.03. The van der Waals surface area contributed by atoms with Crippen LogP contribution in [0, 0.1) is 5.41 Å². The Labute approximate surface area is 154 Å². The van der Waals surface area contributed by atoms with E-state index in [0.29, 0.717) is 5.71 Å². The maximum absolute atomic E-state index is 8.04. The van der Waals surface area contributed by atoms with E-state index in [9.17, 15) is 0 Å². The van der Waals surface area contributed by atoms with Gasteiger partial charge in [0.15, 0.2) is 0 Å². The summed E-state index contributed by atoms with van der Waals surface area (Å²) >= 11 is 0. The van der Waals surface area contributed by atoms with Crippen molar-refractivity contribution < 1.29 is 0 Å². The van der Waals surface area contributed by atoms with Gasteiger partial charge in [-0.1, -0.05) is 25.0 Å². The first kappa shape index (κ1) is 21.2. The molecular weight excluding hydrogens is 308 g/mol. The number of nitrogens with zero attached hydrogens (tertiary/aromatic N) is 2. The van der Waals surface area contributed by atoms with Crippen molar-refractivity contribution in [2.45, 2.75) is 46.0 Å². The van der Waals surface area contributed by atoms with Crippen LogP contribution in [0.3, 0.4) is 0 Å². The lowest BCUT2D eigenvalue weighted by atomic mass is 10.1. The Kier molecular flexibility index (Phi) is 9.28. The summed E-state index contributed by atoms with van der Waals surface area (Å²) in [4.78, 5) is 4.34. The van der Waals surface area contributed by atoms with E-state index in [1.165, 1.54) is 37.8 Å². The number of hydrogen-bond acceptors (Lipinski definition) is 4. The van der Waals surface area contributed by atoms with Gasteiger partial charge >= 0.3 is 0 Å². The molecule has 0 aliphatic heterocycles. The fourth-order valence-electron chi connectivity index (χ4n) is 3.03. The molecule has 1 aromatic carbocycles. The van der Waals surface area contributed by atoms with Gasteiger partial charge in [0.25, 0.3) is 0 Å². The molecule has 0 unspecified atom stereocenters. The summed E-state index contributed by atoms with van der Waals surface area (Å²) in [7, 11) is 8.19. The average Bonchev–Trinajstić information content (AvgIpc) is 2.57. The van der Waals surface area contributed by atoms with E-state index in [1.54, 1.807) is 0 Å². The molecule has 4 heteroatoms. The minimum absolute atomic E-state index is 0.566. The van der Waals surface area contributed by atoms with Crippen LogP contribution in [0.15, 0.2) is 35.7 Å². The first-order valence-corrected chi connectivity index (χ1v) is 9.28. The van der Waals surface area contributed by atoms with Gasteiger partial charge in [-0.05, 0) is 71.4 Å². The van der Waals surface area contributed by atoms with E-state index in [4.69, 9.17) is 5.41 Å². The van der Waals surface area contributed by atoms with Crippen molar-refractivity contribution in [1.82, 2.24) is 10.2 Å². The number of hydrogen-bond donors (Lipinski definition) is 2. The van der Waals surface area contributed by atoms with Crippen molar-refractivity contribution in [3.05, 3.63) is 41.2 Å². The summed E-state index contributed by atoms with van der Waals surface area (Å²) in [5.74, 6) is 0. The van der Waals surface area contributed by atoms with Crippen LogP contribution in [0.2, 0.25) is 0 Å². The van der Waals surface area contributed by atoms with Crippen LogP contribution >= 0.6 is 0 Å². The monoisotopic (exact) mass is 344 g/mol. The zero-order valence-corrected chi connectivity index (χ0v) is 16.9. The van der Waals surface area contributed by atoms with E-state index < -0.39 is 0 Å². The van der Waals surface area contributed by atoms with E-state index in [2.05, 4.69) is 53.5 Å². The van der Waals surface area contributed by atoms with Crippen LogP contribution in [0.4, 0.5) is 5.69 Å². The molecule has 140 valence electrons. The van der Waals surface area contributed by atoms with Gasteiger partial charge in [0, 0.05) is 25.5 Å². The molecule has 0 saturated heterocycles. The molecule has 25 heavy (non-hydrogen) atoms. The molecule has 0 atom stereocenters. The molecule has 0 aliphatic rings. The molecule has 2 N–H and O–H groups in total. The van der Waals surface area contributed by atoms with Crippen LogP contribution in [-0.4, -0.2) is 45.3 Å². The highest BCUT2D eigenvalue weighted by molar-refractivity contribution is 5.99. The molecule has 1 aromatic rings. The van der Waals surface area contributed by atoms with Crippen molar-refractivity contribution in [3.63, 3.8) is 0 Å². The van der Waals surface area contributed by atoms with Crippen molar-refractivity contribution >= 4 is 11.4 Å². The molecule has 4 nitrogen and oxygen atoms in total. The third-order valence-electron chi connectivity index (χ3n) is 4.57. The number of allylic oxidation sites excluding steroid dienone is 2. The lowest BCUT2D eigenvalue weighted by Gasteiger charge is -2.24. The van der Waals surface area contributed by atoms with Crippen LogP contribution in [0.1, 0.15) is 45.1 Å². The van der Waals surface area contributed by atoms with Gasteiger partial charge in [-0.15, -0.1) is 0 Å². The molecule has 0 amide bonds. The standard InChI is InChI=1S/C21H36N4/c1-17(22)21(18(2)23-3)25(6)20-14-12-19(13-15-20)11-9-7-8-10-16-24(4)5/h12-15,22-23H,7-11,16H2,1-6H3/b21-18+,22-17?.